The molecule has 2 unspecified atom stereocenters. The molecule has 118 valence electrons. The summed E-state index contributed by atoms with van der Waals surface area (Å²) >= 11 is 0. The van der Waals surface area contributed by atoms with Crippen molar-refractivity contribution in [3.63, 3.8) is 0 Å². The monoisotopic (exact) mass is 313 g/mol. The largest absolute Gasteiger partial charge is 0.397 e. The van der Waals surface area contributed by atoms with Crippen LogP contribution < -0.4 is 16.2 Å². The molecule has 0 aliphatic heterocycles. The molecule has 1 aromatic rings. The Morgan fingerprint density at radius 2 is 2.19 bits per heavy atom. The van der Waals surface area contributed by atoms with E-state index in [2.05, 4.69) is 12.2 Å². The summed E-state index contributed by atoms with van der Waals surface area (Å²) in [6.45, 7) is 2.47. The molecule has 6 N–H and O–H groups in total. The molecule has 0 radical (unpaired) electrons. The van der Waals surface area contributed by atoms with Gasteiger partial charge in [-0.1, -0.05) is 19.8 Å². The fourth-order valence-electron chi connectivity index (χ4n) is 2.92. The topological polar surface area (TPSA) is 118 Å². The van der Waals surface area contributed by atoms with Crippen molar-refractivity contribution in [2.75, 3.05) is 17.6 Å². The van der Waals surface area contributed by atoms with Gasteiger partial charge >= 0.3 is 0 Å². The van der Waals surface area contributed by atoms with Crippen molar-refractivity contribution in [3.05, 3.63) is 18.2 Å². The van der Waals surface area contributed by atoms with Crippen molar-refractivity contribution in [2.24, 2.45) is 11.1 Å². The summed E-state index contributed by atoms with van der Waals surface area (Å²) < 4.78 is 22.7. The van der Waals surface area contributed by atoms with E-state index in [0.29, 0.717) is 23.8 Å². The number of nitrogens with two attached hydrogens (primary N) is 2. The average Bonchev–Trinajstić information content (AvgIpc) is 2.36. The fourth-order valence-corrected chi connectivity index (χ4v) is 3.46. The van der Waals surface area contributed by atoms with Gasteiger partial charge in [0.1, 0.15) is 0 Å². The van der Waals surface area contributed by atoms with Gasteiger partial charge in [-0.05, 0) is 37.0 Å². The molecule has 0 heterocycles. The zero-order valence-electron chi connectivity index (χ0n) is 12.2. The van der Waals surface area contributed by atoms with Crippen LogP contribution in [0.25, 0.3) is 0 Å². The van der Waals surface area contributed by atoms with Crippen LogP contribution in [0.1, 0.15) is 32.6 Å². The summed E-state index contributed by atoms with van der Waals surface area (Å²) in [7, 11) is -3.77. The number of nitrogens with one attached hydrogen (secondary N) is 1. The SMILES string of the molecule is CC1CCCC(O)(CNc2cc(S(N)(=O)=O)ccc2N)C1. The molecule has 21 heavy (non-hydrogen) atoms. The summed E-state index contributed by atoms with van der Waals surface area (Å²) in [6, 6.07) is 4.27. The Morgan fingerprint density at radius 1 is 1.48 bits per heavy atom. The van der Waals surface area contributed by atoms with Gasteiger partial charge in [0.15, 0.2) is 0 Å². The minimum atomic E-state index is -3.77. The lowest BCUT2D eigenvalue weighted by atomic mass is 9.79. The van der Waals surface area contributed by atoms with Gasteiger partial charge in [-0.15, -0.1) is 0 Å². The van der Waals surface area contributed by atoms with Crippen LogP contribution in [0, 0.1) is 5.92 Å². The van der Waals surface area contributed by atoms with E-state index in [0.717, 1.165) is 25.7 Å². The van der Waals surface area contributed by atoms with Crippen LogP contribution in [0.15, 0.2) is 23.1 Å². The first-order valence-electron chi connectivity index (χ1n) is 7.08. The third-order valence-corrected chi connectivity index (χ3v) is 4.94. The van der Waals surface area contributed by atoms with Crippen LogP contribution >= 0.6 is 0 Å². The lowest BCUT2D eigenvalue weighted by Gasteiger charge is -2.36. The predicted octanol–water partition coefficient (Wildman–Crippen LogP) is 1.27. The van der Waals surface area contributed by atoms with Crippen molar-refractivity contribution < 1.29 is 13.5 Å². The van der Waals surface area contributed by atoms with E-state index >= 15 is 0 Å². The van der Waals surface area contributed by atoms with Crippen LogP contribution in [0.3, 0.4) is 0 Å². The van der Waals surface area contributed by atoms with Crippen molar-refractivity contribution >= 4 is 21.4 Å². The third-order valence-electron chi connectivity index (χ3n) is 4.03. The van der Waals surface area contributed by atoms with E-state index in [1.807, 2.05) is 0 Å². The molecule has 6 nitrogen and oxygen atoms in total. The van der Waals surface area contributed by atoms with Gasteiger partial charge in [0.2, 0.25) is 10.0 Å². The molecule has 0 spiro atoms. The van der Waals surface area contributed by atoms with E-state index in [1.165, 1.54) is 18.2 Å². The molecule has 0 aromatic heterocycles. The highest BCUT2D eigenvalue weighted by atomic mass is 32.2. The van der Waals surface area contributed by atoms with Gasteiger partial charge < -0.3 is 16.2 Å². The highest BCUT2D eigenvalue weighted by molar-refractivity contribution is 7.89. The Bertz CT molecular complexity index is 618. The van der Waals surface area contributed by atoms with Gasteiger partial charge in [0, 0.05) is 6.54 Å². The number of primary sulfonamides is 1. The summed E-state index contributed by atoms with van der Waals surface area (Å²) in [5.74, 6) is 0.485. The molecule has 0 amide bonds. The molecule has 0 bridgehead atoms. The van der Waals surface area contributed by atoms with Crippen LogP contribution in [0.2, 0.25) is 0 Å². The van der Waals surface area contributed by atoms with E-state index in [9.17, 15) is 13.5 Å². The molecule has 0 saturated heterocycles. The number of hydrogen-bond acceptors (Lipinski definition) is 5. The molecule has 1 aliphatic carbocycles. The first-order valence-corrected chi connectivity index (χ1v) is 8.63. The molecule has 2 atom stereocenters. The second-order valence-electron chi connectivity index (χ2n) is 6.07. The normalized spacial score (nSPS) is 26.5. The Labute approximate surface area is 125 Å². The second kappa shape index (κ2) is 5.82. The average molecular weight is 313 g/mol. The lowest BCUT2D eigenvalue weighted by Crippen LogP contribution is -2.41. The molecule has 7 heteroatoms. The highest BCUT2D eigenvalue weighted by Crippen LogP contribution is 2.33. The van der Waals surface area contributed by atoms with Gasteiger partial charge in [-0.25, -0.2) is 13.6 Å². The number of nitrogen functional groups attached to an aromatic ring is 1. The number of benzene rings is 1. The maximum atomic E-state index is 11.4. The van der Waals surface area contributed by atoms with Crippen molar-refractivity contribution in [1.29, 1.82) is 0 Å². The quantitative estimate of drug-likeness (QED) is 0.624. The summed E-state index contributed by atoms with van der Waals surface area (Å²) in [4.78, 5) is 0.00296. The van der Waals surface area contributed by atoms with E-state index < -0.39 is 15.6 Å². The zero-order chi connectivity index (χ0) is 15.7. The van der Waals surface area contributed by atoms with Crippen molar-refractivity contribution in [2.45, 2.75) is 43.1 Å². The van der Waals surface area contributed by atoms with Crippen molar-refractivity contribution in [3.8, 4) is 0 Å². The van der Waals surface area contributed by atoms with Crippen LogP contribution in [0.5, 0.6) is 0 Å². The van der Waals surface area contributed by atoms with Crippen LogP contribution in [-0.4, -0.2) is 25.7 Å². The van der Waals surface area contributed by atoms with Crippen LogP contribution in [-0.2, 0) is 10.0 Å². The minimum absolute atomic E-state index is 0.00296. The number of anilines is 2. The van der Waals surface area contributed by atoms with E-state index in [-0.39, 0.29) is 4.90 Å². The number of rotatable bonds is 4. The molecule has 1 fully saturated rings. The van der Waals surface area contributed by atoms with E-state index in [1.54, 1.807) is 0 Å². The minimum Gasteiger partial charge on any atom is -0.397 e. The first-order chi connectivity index (χ1) is 9.70. The first kappa shape index (κ1) is 16.1. The molecule has 1 aliphatic rings. The Hall–Kier alpha value is -1.31. The Balaban J connectivity index is 2.12. The number of sulfonamides is 1. The molecule has 2 rings (SSSR count). The smallest absolute Gasteiger partial charge is 0.238 e. The number of aliphatic hydroxyl groups is 1. The zero-order valence-corrected chi connectivity index (χ0v) is 13.0. The molecule has 1 saturated carbocycles. The fraction of sp³-hybridized carbons (Fsp3) is 0.571. The Kier molecular flexibility index (Phi) is 4.46. The highest BCUT2D eigenvalue weighted by Gasteiger charge is 2.32. The van der Waals surface area contributed by atoms with E-state index in [4.69, 9.17) is 10.9 Å². The van der Waals surface area contributed by atoms with Crippen LogP contribution in [0.4, 0.5) is 11.4 Å². The van der Waals surface area contributed by atoms with Crippen molar-refractivity contribution in [1.82, 2.24) is 0 Å². The van der Waals surface area contributed by atoms with Gasteiger partial charge in [-0.2, -0.15) is 0 Å². The maximum absolute atomic E-state index is 11.4. The molecule has 1 aromatic carbocycles. The summed E-state index contributed by atoms with van der Waals surface area (Å²) in [5.41, 5.74) is 5.97. The second-order valence-corrected chi connectivity index (χ2v) is 7.63. The van der Waals surface area contributed by atoms with Gasteiger partial charge in [-0.3, -0.25) is 0 Å². The summed E-state index contributed by atoms with van der Waals surface area (Å²) in [6.07, 6.45) is 3.59. The lowest BCUT2D eigenvalue weighted by molar-refractivity contribution is -0.000750. The summed E-state index contributed by atoms with van der Waals surface area (Å²) in [5, 5.41) is 18.8. The predicted molar refractivity (Wildman–Crippen MR) is 83.3 cm³/mol. The third kappa shape index (κ3) is 4.09. The standard InChI is InChI=1S/C14H23N3O3S/c1-10-3-2-6-14(18,8-10)9-17-13-7-11(21(16,19)20)4-5-12(13)15/h4-5,7,10,17-18H,2-3,6,8-9,15H2,1H3,(H2,16,19,20). The Morgan fingerprint density at radius 3 is 2.81 bits per heavy atom. The molecular formula is C14H23N3O3S. The maximum Gasteiger partial charge on any atom is 0.238 e. The number of hydrogen-bond donors (Lipinski definition) is 4. The van der Waals surface area contributed by atoms with Gasteiger partial charge in [0.25, 0.3) is 0 Å². The molecular weight excluding hydrogens is 290 g/mol. The van der Waals surface area contributed by atoms with Gasteiger partial charge in [0.05, 0.1) is 21.9 Å².